The van der Waals surface area contributed by atoms with Crippen molar-refractivity contribution < 1.29 is 18.9 Å². The summed E-state index contributed by atoms with van der Waals surface area (Å²) in [7, 11) is 0. The first-order chi connectivity index (χ1) is 18.8. The Labute approximate surface area is 225 Å². The van der Waals surface area contributed by atoms with Gasteiger partial charge in [0.1, 0.15) is 26.4 Å². The predicted molar refractivity (Wildman–Crippen MR) is 150 cm³/mol. The molecule has 0 atom stereocenters. The standard InChI is InChI=1S/C30H18N2O4S2/c1-3-15-4-2-6-17-22(15)16(5-1)23-24(17)32-26-19(30-28-21(14-38-30)34-10-12-36-28)8-7-18(25(26)31-23)29-27-20(13-37-29)33-9-11-35-27/h1-8,13-14H,9-12H2. The smallest absolute Gasteiger partial charge is 0.180 e. The van der Waals surface area contributed by atoms with Crippen molar-refractivity contribution >= 4 is 44.5 Å². The second-order valence-electron chi connectivity index (χ2n) is 9.40. The fourth-order valence-electron chi connectivity index (χ4n) is 5.71. The summed E-state index contributed by atoms with van der Waals surface area (Å²) in [5.41, 5.74) is 7.72. The highest BCUT2D eigenvalue weighted by atomic mass is 32.1. The molecule has 0 saturated heterocycles. The maximum absolute atomic E-state index is 6.07. The van der Waals surface area contributed by atoms with E-state index >= 15 is 0 Å². The molecule has 5 heterocycles. The number of hydrogen-bond donors (Lipinski definition) is 0. The average Bonchev–Trinajstić information content (AvgIpc) is 3.67. The van der Waals surface area contributed by atoms with Gasteiger partial charge in [-0.05, 0) is 5.39 Å². The molecule has 6 nitrogen and oxygen atoms in total. The zero-order valence-electron chi connectivity index (χ0n) is 19.9. The number of thiophene rings is 2. The Kier molecular flexibility index (Phi) is 4.22. The SMILES string of the molecule is c1cc2c3c(cccc3c1)-c1nc3c(-c4scc5c4OCCO5)ccc(-c4scc5c4OCCO5)c3nc1-2. The van der Waals surface area contributed by atoms with E-state index in [1.54, 1.807) is 22.7 Å². The van der Waals surface area contributed by atoms with Gasteiger partial charge in [-0.25, -0.2) is 9.97 Å². The molecular formula is C30H18N2O4S2. The minimum absolute atomic E-state index is 0.532. The Morgan fingerprint density at radius 1 is 0.553 bits per heavy atom. The minimum atomic E-state index is 0.532. The maximum atomic E-state index is 6.07. The summed E-state index contributed by atoms with van der Waals surface area (Å²) in [6.07, 6.45) is 0. The van der Waals surface area contributed by atoms with E-state index in [1.807, 2.05) is 10.8 Å². The monoisotopic (exact) mass is 534 g/mol. The van der Waals surface area contributed by atoms with E-state index < -0.39 is 0 Å². The predicted octanol–water partition coefficient (Wildman–Crippen LogP) is 7.43. The van der Waals surface area contributed by atoms with Gasteiger partial charge in [0, 0.05) is 38.4 Å². The van der Waals surface area contributed by atoms with Gasteiger partial charge in [-0.1, -0.05) is 48.5 Å². The Hall–Kier alpha value is -4.14. The number of benzene rings is 3. The van der Waals surface area contributed by atoms with Gasteiger partial charge in [-0.3, -0.25) is 0 Å². The highest BCUT2D eigenvalue weighted by Crippen LogP contribution is 2.53. The van der Waals surface area contributed by atoms with Gasteiger partial charge in [0.05, 0.1) is 32.2 Å². The molecule has 0 fully saturated rings. The summed E-state index contributed by atoms with van der Waals surface area (Å²) in [5.74, 6) is 3.15. The van der Waals surface area contributed by atoms with Crippen LogP contribution in [0.25, 0.3) is 65.2 Å². The molecule has 0 bridgehead atoms. The van der Waals surface area contributed by atoms with Crippen LogP contribution in [0.15, 0.2) is 59.3 Å². The number of nitrogens with zero attached hydrogens (tertiary/aromatic N) is 2. The first-order valence-corrected chi connectivity index (χ1v) is 14.2. The van der Waals surface area contributed by atoms with Gasteiger partial charge in [0.15, 0.2) is 23.0 Å². The zero-order valence-corrected chi connectivity index (χ0v) is 21.6. The van der Waals surface area contributed by atoms with Crippen LogP contribution in [0.2, 0.25) is 0 Å². The zero-order chi connectivity index (χ0) is 24.8. The molecule has 0 radical (unpaired) electrons. The summed E-state index contributed by atoms with van der Waals surface area (Å²) in [6, 6.07) is 17.0. The fourth-order valence-corrected chi connectivity index (χ4v) is 7.63. The van der Waals surface area contributed by atoms with Gasteiger partial charge in [0.25, 0.3) is 0 Å². The molecule has 3 aromatic carbocycles. The largest absolute Gasteiger partial charge is 0.485 e. The van der Waals surface area contributed by atoms with E-state index in [9.17, 15) is 0 Å². The lowest BCUT2D eigenvalue weighted by molar-refractivity contribution is 0.174. The molecule has 38 heavy (non-hydrogen) atoms. The van der Waals surface area contributed by atoms with Crippen molar-refractivity contribution in [2.75, 3.05) is 26.4 Å². The summed E-state index contributed by atoms with van der Waals surface area (Å²) in [4.78, 5) is 12.7. The van der Waals surface area contributed by atoms with Crippen LogP contribution in [0.5, 0.6) is 23.0 Å². The topological polar surface area (TPSA) is 62.7 Å². The first kappa shape index (κ1) is 20.9. The van der Waals surface area contributed by atoms with E-state index in [0.29, 0.717) is 26.4 Å². The van der Waals surface area contributed by atoms with Crippen LogP contribution >= 0.6 is 22.7 Å². The van der Waals surface area contributed by atoms with Crippen LogP contribution in [-0.2, 0) is 0 Å². The number of rotatable bonds is 2. The third-order valence-corrected chi connectivity index (χ3v) is 9.28. The molecule has 184 valence electrons. The van der Waals surface area contributed by atoms with Crippen LogP contribution in [0.3, 0.4) is 0 Å². The van der Waals surface area contributed by atoms with E-state index in [0.717, 1.165) is 77.4 Å². The molecule has 0 amide bonds. The van der Waals surface area contributed by atoms with Crippen LogP contribution in [-0.4, -0.2) is 36.4 Å². The highest BCUT2D eigenvalue weighted by molar-refractivity contribution is 7.15. The molecule has 0 N–H and O–H groups in total. The molecule has 2 aliphatic heterocycles. The van der Waals surface area contributed by atoms with Crippen LogP contribution in [0, 0.1) is 0 Å². The average molecular weight is 535 g/mol. The molecule has 3 aliphatic rings. The molecule has 3 aromatic heterocycles. The lowest BCUT2D eigenvalue weighted by atomic mass is 10.0. The quantitative estimate of drug-likeness (QED) is 0.230. The third kappa shape index (κ3) is 2.76. The van der Waals surface area contributed by atoms with Gasteiger partial charge >= 0.3 is 0 Å². The molecule has 9 rings (SSSR count). The second-order valence-corrected chi connectivity index (χ2v) is 11.2. The molecule has 1 aliphatic carbocycles. The number of ether oxygens (including phenoxy) is 4. The van der Waals surface area contributed by atoms with Crippen LogP contribution < -0.4 is 18.9 Å². The van der Waals surface area contributed by atoms with E-state index in [2.05, 4.69) is 48.5 Å². The van der Waals surface area contributed by atoms with Crippen molar-refractivity contribution in [3.63, 3.8) is 0 Å². The van der Waals surface area contributed by atoms with E-state index in [-0.39, 0.29) is 0 Å². The van der Waals surface area contributed by atoms with Crippen molar-refractivity contribution in [1.29, 1.82) is 0 Å². The van der Waals surface area contributed by atoms with Crippen molar-refractivity contribution in [3.8, 4) is 66.4 Å². The van der Waals surface area contributed by atoms with Crippen LogP contribution in [0.4, 0.5) is 0 Å². The highest BCUT2D eigenvalue weighted by Gasteiger charge is 2.30. The third-order valence-electron chi connectivity index (χ3n) is 7.33. The minimum Gasteiger partial charge on any atom is -0.485 e. The molecule has 6 aromatic rings. The van der Waals surface area contributed by atoms with Crippen molar-refractivity contribution in [2.24, 2.45) is 0 Å². The maximum Gasteiger partial charge on any atom is 0.180 e. The van der Waals surface area contributed by atoms with Crippen molar-refractivity contribution in [2.45, 2.75) is 0 Å². The molecule has 8 heteroatoms. The summed E-state index contributed by atoms with van der Waals surface area (Å²) in [5, 5.41) is 6.43. The molecule has 0 spiro atoms. The lowest BCUT2D eigenvalue weighted by Gasteiger charge is -2.18. The van der Waals surface area contributed by atoms with Gasteiger partial charge in [-0.2, -0.15) is 0 Å². The fraction of sp³-hybridized carbons (Fsp3) is 0.133. The number of aromatic nitrogens is 2. The van der Waals surface area contributed by atoms with Crippen molar-refractivity contribution in [3.05, 3.63) is 59.3 Å². The Balaban J connectivity index is 1.37. The number of fused-ring (bicyclic) bond motifs is 6. The number of hydrogen-bond acceptors (Lipinski definition) is 8. The Morgan fingerprint density at radius 2 is 1.05 bits per heavy atom. The van der Waals surface area contributed by atoms with Gasteiger partial charge in [0.2, 0.25) is 0 Å². The van der Waals surface area contributed by atoms with Crippen molar-refractivity contribution in [1.82, 2.24) is 9.97 Å². The van der Waals surface area contributed by atoms with Gasteiger partial charge in [-0.15, -0.1) is 22.7 Å². The summed E-state index contributed by atoms with van der Waals surface area (Å²) >= 11 is 3.23. The van der Waals surface area contributed by atoms with E-state index in [4.69, 9.17) is 28.9 Å². The van der Waals surface area contributed by atoms with E-state index in [1.165, 1.54) is 10.8 Å². The first-order valence-electron chi connectivity index (χ1n) is 12.5. The van der Waals surface area contributed by atoms with Crippen LogP contribution in [0.1, 0.15) is 0 Å². The lowest BCUT2D eigenvalue weighted by Crippen LogP contribution is -2.14. The Morgan fingerprint density at radius 3 is 1.58 bits per heavy atom. The summed E-state index contributed by atoms with van der Waals surface area (Å²) in [6.45, 7) is 2.18. The molecular weight excluding hydrogens is 516 g/mol. The molecule has 0 saturated carbocycles. The second kappa shape index (κ2) is 7.69. The molecule has 0 unspecified atom stereocenters. The Bertz CT molecular complexity index is 1820. The summed E-state index contributed by atoms with van der Waals surface area (Å²) < 4.78 is 23.9. The normalized spacial score (nSPS) is 14.7. The van der Waals surface area contributed by atoms with Gasteiger partial charge < -0.3 is 18.9 Å².